The van der Waals surface area contributed by atoms with Crippen molar-refractivity contribution in [1.29, 1.82) is 0 Å². The molecule has 0 saturated heterocycles. The summed E-state index contributed by atoms with van der Waals surface area (Å²) in [5.74, 6) is 0. The molecule has 2 aromatic rings. The van der Waals surface area contributed by atoms with Gasteiger partial charge in [0.05, 0.1) is 5.69 Å². The second-order valence-electron chi connectivity index (χ2n) is 2.76. The molecule has 14 heavy (non-hydrogen) atoms. The van der Waals surface area contributed by atoms with E-state index in [1.54, 1.807) is 0 Å². The number of aromatic amines is 1. The topological polar surface area (TPSA) is 41.8 Å². The fourth-order valence-corrected chi connectivity index (χ4v) is 2.29. The quantitative estimate of drug-likeness (QED) is 0.749. The first-order chi connectivity index (χ1) is 6.66. The predicted octanol–water partition coefficient (Wildman–Crippen LogP) is 3.71. The Labute approximate surface area is 95.4 Å². The zero-order valence-electron chi connectivity index (χ0n) is 7.08. The van der Waals surface area contributed by atoms with Crippen LogP contribution in [0.4, 0.5) is 5.00 Å². The van der Waals surface area contributed by atoms with E-state index in [9.17, 15) is 0 Å². The lowest BCUT2D eigenvalue weighted by Crippen LogP contribution is -1.84. The van der Waals surface area contributed by atoms with E-state index in [0.29, 0.717) is 14.0 Å². The van der Waals surface area contributed by atoms with Crippen LogP contribution in [0.1, 0.15) is 0 Å². The fourth-order valence-electron chi connectivity index (χ4n) is 1.17. The van der Waals surface area contributed by atoms with Gasteiger partial charge in [-0.25, -0.2) is 0 Å². The Morgan fingerprint density at radius 2 is 1.93 bits per heavy atom. The summed E-state index contributed by atoms with van der Waals surface area (Å²) in [7, 11) is 0. The van der Waals surface area contributed by atoms with Crippen molar-refractivity contribution in [3.63, 3.8) is 0 Å². The summed E-state index contributed by atoms with van der Waals surface area (Å²) in [4.78, 5) is 3.05. The number of benzene rings is 1. The Morgan fingerprint density at radius 3 is 2.43 bits per heavy atom. The molecular weight excluding hydrogens is 236 g/mol. The normalized spacial score (nSPS) is 10.4. The van der Waals surface area contributed by atoms with Gasteiger partial charge < -0.3 is 10.7 Å². The second-order valence-corrected chi connectivity index (χ2v) is 4.92. The molecule has 1 aromatic heterocycles. The van der Waals surface area contributed by atoms with E-state index in [-0.39, 0.29) is 0 Å². The summed E-state index contributed by atoms with van der Waals surface area (Å²) in [5, 5.41) is 1.42. The summed E-state index contributed by atoms with van der Waals surface area (Å²) in [5.41, 5.74) is 7.67. The molecule has 3 N–H and O–H groups in total. The minimum Gasteiger partial charge on any atom is -0.389 e. The fraction of sp³-hybridized carbons (Fsp3) is 0. The number of rotatable bonds is 1. The summed E-state index contributed by atoms with van der Waals surface area (Å²) in [6.45, 7) is 0. The van der Waals surface area contributed by atoms with Crippen molar-refractivity contribution in [3.05, 3.63) is 33.2 Å². The number of aromatic nitrogens is 1. The third kappa shape index (κ3) is 1.82. The maximum atomic E-state index is 5.80. The summed E-state index contributed by atoms with van der Waals surface area (Å²) >= 11 is 12.2. The molecule has 5 heteroatoms. The molecule has 0 spiro atoms. The first-order valence-electron chi connectivity index (χ1n) is 3.91. The number of nitrogens with one attached hydrogen (secondary N) is 1. The highest BCUT2D eigenvalue weighted by molar-refractivity contribution is 7.73. The highest BCUT2D eigenvalue weighted by Crippen LogP contribution is 2.29. The van der Waals surface area contributed by atoms with Crippen molar-refractivity contribution in [3.8, 4) is 11.3 Å². The molecule has 0 saturated carbocycles. The highest BCUT2D eigenvalue weighted by Gasteiger charge is 2.04. The largest absolute Gasteiger partial charge is 0.389 e. The maximum Gasteiger partial charge on any atom is 0.160 e. The molecule has 0 aliphatic heterocycles. The summed E-state index contributed by atoms with van der Waals surface area (Å²) < 4.78 is 0.687. The molecule has 0 bridgehead atoms. The molecule has 0 fully saturated rings. The lowest BCUT2D eigenvalue weighted by Gasteiger charge is -1.98. The van der Waals surface area contributed by atoms with Crippen LogP contribution in [0, 0.1) is 3.95 Å². The summed E-state index contributed by atoms with van der Waals surface area (Å²) in [6.07, 6.45) is 0. The minimum atomic E-state index is 0.687. The van der Waals surface area contributed by atoms with Gasteiger partial charge in [-0.2, -0.15) is 0 Å². The lowest BCUT2D eigenvalue weighted by molar-refractivity contribution is 1.39. The monoisotopic (exact) mass is 242 g/mol. The molecule has 1 aromatic carbocycles. The molecule has 0 unspecified atom stereocenters. The minimum absolute atomic E-state index is 0.687. The van der Waals surface area contributed by atoms with Crippen molar-refractivity contribution in [2.45, 2.75) is 0 Å². The van der Waals surface area contributed by atoms with Crippen LogP contribution < -0.4 is 5.73 Å². The Kier molecular flexibility index (Phi) is 2.58. The molecule has 1 heterocycles. The Bertz CT molecular complexity index is 498. The second kappa shape index (κ2) is 3.73. The molecule has 2 rings (SSSR count). The van der Waals surface area contributed by atoms with E-state index in [0.717, 1.165) is 11.3 Å². The molecule has 2 nitrogen and oxygen atoms in total. The molecule has 0 atom stereocenters. The SMILES string of the molecule is Nc1sc(=S)[nH]c1-c1ccc(Cl)cc1. The zero-order valence-corrected chi connectivity index (χ0v) is 9.47. The number of H-pyrrole nitrogens is 1. The van der Waals surface area contributed by atoms with Gasteiger partial charge in [0.1, 0.15) is 5.00 Å². The van der Waals surface area contributed by atoms with Gasteiger partial charge in [0.15, 0.2) is 3.95 Å². The molecule has 72 valence electrons. The van der Waals surface area contributed by atoms with Gasteiger partial charge in [0, 0.05) is 10.6 Å². The van der Waals surface area contributed by atoms with E-state index >= 15 is 0 Å². The van der Waals surface area contributed by atoms with Gasteiger partial charge in [-0.15, -0.1) is 0 Å². The van der Waals surface area contributed by atoms with Gasteiger partial charge >= 0.3 is 0 Å². The van der Waals surface area contributed by atoms with Crippen LogP contribution in [0.2, 0.25) is 5.02 Å². The van der Waals surface area contributed by atoms with Gasteiger partial charge in [-0.05, 0) is 24.4 Å². The lowest BCUT2D eigenvalue weighted by atomic mass is 10.2. The number of nitrogens with two attached hydrogens (primary N) is 1. The van der Waals surface area contributed by atoms with Crippen LogP contribution in [0.25, 0.3) is 11.3 Å². The van der Waals surface area contributed by atoms with E-state index in [4.69, 9.17) is 29.6 Å². The Balaban J connectivity index is 2.54. The molecular formula is C9H7ClN2S2. The third-order valence-electron chi connectivity index (χ3n) is 1.81. The average Bonchev–Trinajstić information content (AvgIpc) is 2.47. The third-order valence-corrected chi connectivity index (χ3v) is 3.12. The van der Waals surface area contributed by atoms with Gasteiger partial charge in [-0.3, -0.25) is 0 Å². The highest BCUT2D eigenvalue weighted by atomic mass is 35.5. The zero-order chi connectivity index (χ0) is 10.1. The van der Waals surface area contributed by atoms with E-state index in [1.165, 1.54) is 11.3 Å². The van der Waals surface area contributed by atoms with Crippen molar-refractivity contribution >= 4 is 40.2 Å². The average molecular weight is 243 g/mol. The number of hydrogen-bond acceptors (Lipinski definition) is 3. The van der Waals surface area contributed by atoms with Crippen LogP contribution in [-0.2, 0) is 0 Å². The van der Waals surface area contributed by atoms with E-state index in [2.05, 4.69) is 4.98 Å². The molecule has 0 amide bonds. The van der Waals surface area contributed by atoms with Gasteiger partial charge in [0.2, 0.25) is 0 Å². The standard InChI is InChI=1S/C9H7ClN2S2/c10-6-3-1-5(2-4-6)7-8(11)14-9(13)12-7/h1-4H,11H2,(H,12,13). The molecule has 0 aliphatic rings. The first kappa shape index (κ1) is 9.71. The van der Waals surface area contributed by atoms with Gasteiger partial charge in [0.25, 0.3) is 0 Å². The first-order valence-corrected chi connectivity index (χ1v) is 5.51. The molecule has 0 aliphatic carbocycles. The Morgan fingerprint density at radius 1 is 1.29 bits per heavy atom. The number of thiazole rings is 1. The van der Waals surface area contributed by atoms with Crippen LogP contribution in [0.15, 0.2) is 24.3 Å². The van der Waals surface area contributed by atoms with Gasteiger partial charge in [-0.1, -0.05) is 35.1 Å². The van der Waals surface area contributed by atoms with Crippen LogP contribution >= 0.6 is 35.2 Å². The van der Waals surface area contributed by atoms with E-state index < -0.39 is 0 Å². The molecule has 0 radical (unpaired) electrons. The van der Waals surface area contributed by atoms with Crippen molar-refractivity contribution in [1.82, 2.24) is 4.98 Å². The van der Waals surface area contributed by atoms with Crippen molar-refractivity contribution < 1.29 is 0 Å². The predicted molar refractivity (Wildman–Crippen MR) is 64.4 cm³/mol. The number of anilines is 1. The van der Waals surface area contributed by atoms with Crippen molar-refractivity contribution in [2.24, 2.45) is 0 Å². The smallest absolute Gasteiger partial charge is 0.160 e. The van der Waals surface area contributed by atoms with E-state index in [1.807, 2.05) is 24.3 Å². The van der Waals surface area contributed by atoms with Crippen LogP contribution in [0.5, 0.6) is 0 Å². The summed E-state index contributed by atoms with van der Waals surface area (Å²) in [6, 6.07) is 7.47. The number of nitrogen functional groups attached to an aromatic ring is 1. The number of halogens is 1. The van der Waals surface area contributed by atoms with Crippen LogP contribution in [-0.4, -0.2) is 4.98 Å². The van der Waals surface area contributed by atoms with Crippen LogP contribution in [0.3, 0.4) is 0 Å². The maximum absolute atomic E-state index is 5.80. The Hall–Kier alpha value is -0.840. The number of hydrogen-bond donors (Lipinski definition) is 2. The van der Waals surface area contributed by atoms with Crippen molar-refractivity contribution in [2.75, 3.05) is 5.73 Å².